The van der Waals surface area contributed by atoms with E-state index in [2.05, 4.69) is 20.7 Å². The second-order valence-corrected chi connectivity index (χ2v) is 7.33. The molecule has 2 N–H and O–H groups in total. The first-order valence-corrected chi connectivity index (χ1v) is 8.48. The fraction of sp³-hybridized carbons (Fsp3) is 0.462. The van der Waals surface area contributed by atoms with Gasteiger partial charge in [-0.15, -0.1) is 0 Å². The Kier molecular flexibility index (Phi) is 5.73. The molecule has 0 unspecified atom stereocenters. The number of carbonyl (C=O) groups is 1. The number of rotatable bonds is 6. The minimum Gasteiger partial charge on any atom is -0.480 e. The second-order valence-electron chi connectivity index (χ2n) is 4.73. The Morgan fingerprint density at radius 1 is 1.45 bits per heavy atom. The summed E-state index contributed by atoms with van der Waals surface area (Å²) in [5, 5.41) is 9.17. The van der Waals surface area contributed by atoms with Crippen LogP contribution in [0.4, 0.5) is 0 Å². The van der Waals surface area contributed by atoms with Crippen LogP contribution in [0.2, 0.25) is 0 Å². The molecule has 0 spiro atoms. The van der Waals surface area contributed by atoms with Crippen LogP contribution in [0.25, 0.3) is 0 Å². The molecule has 0 radical (unpaired) electrons. The van der Waals surface area contributed by atoms with Gasteiger partial charge in [0.25, 0.3) is 0 Å². The monoisotopic (exact) mass is 363 g/mol. The molecule has 0 aliphatic heterocycles. The Labute approximate surface area is 127 Å². The molecular formula is C13H18BrNO4S. The number of carboxylic acids is 1. The molecule has 0 aromatic heterocycles. The number of hydrogen-bond donors (Lipinski definition) is 2. The fourth-order valence-electron chi connectivity index (χ4n) is 1.74. The molecule has 0 amide bonds. The van der Waals surface area contributed by atoms with Crippen LogP contribution < -0.4 is 4.72 Å². The Hall–Kier alpha value is -0.920. The number of aliphatic carboxylic acids is 1. The van der Waals surface area contributed by atoms with Gasteiger partial charge < -0.3 is 5.11 Å². The van der Waals surface area contributed by atoms with Crippen LogP contribution in [0.15, 0.2) is 27.6 Å². The normalized spacial score (nSPS) is 14.8. The minimum atomic E-state index is -3.87. The molecular weight excluding hydrogens is 346 g/mol. The van der Waals surface area contributed by atoms with Crippen LogP contribution in [0, 0.1) is 12.8 Å². The van der Waals surface area contributed by atoms with Crippen molar-refractivity contribution in [2.45, 2.75) is 38.1 Å². The smallest absolute Gasteiger partial charge is 0.322 e. The molecule has 0 heterocycles. The van der Waals surface area contributed by atoms with E-state index in [1.54, 1.807) is 26.0 Å². The predicted octanol–water partition coefficient (Wildman–Crippen LogP) is 2.54. The first-order chi connectivity index (χ1) is 9.19. The van der Waals surface area contributed by atoms with Gasteiger partial charge in [-0.3, -0.25) is 4.79 Å². The second kappa shape index (κ2) is 6.69. The van der Waals surface area contributed by atoms with Crippen molar-refractivity contribution in [3.8, 4) is 0 Å². The van der Waals surface area contributed by atoms with E-state index in [1.165, 1.54) is 6.07 Å². The molecule has 0 fully saturated rings. The summed E-state index contributed by atoms with van der Waals surface area (Å²) in [5.41, 5.74) is 0.564. The summed E-state index contributed by atoms with van der Waals surface area (Å²) in [6, 6.07) is 3.73. The SMILES string of the molecule is CC[C@H](C)[C@H](NS(=O)(=O)c1cc(Br)ccc1C)C(=O)O. The highest BCUT2D eigenvalue weighted by Gasteiger charge is 2.30. The summed E-state index contributed by atoms with van der Waals surface area (Å²) >= 11 is 3.22. The third kappa shape index (κ3) is 4.04. The number of carboxylic acid groups (broad SMARTS) is 1. The van der Waals surface area contributed by atoms with E-state index in [1.807, 2.05) is 6.92 Å². The molecule has 0 aliphatic carbocycles. The van der Waals surface area contributed by atoms with E-state index in [4.69, 9.17) is 0 Å². The van der Waals surface area contributed by atoms with Gasteiger partial charge in [-0.2, -0.15) is 4.72 Å². The highest BCUT2D eigenvalue weighted by Crippen LogP contribution is 2.21. The van der Waals surface area contributed by atoms with E-state index >= 15 is 0 Å². The summed E-state index contributed by atoms with van der Waals surface area (Å²) in [6.07, 6.45) is 0.566. The summed E-state index contributed by atoms with van der Waals surface area (Å²) in [6.45, 7) is 5.19. The third-order valence-electron chi connectivity index (χ3n) is 3.20. The van der Waals surface area contributed by atoms with Crippen LogP contribution in [0.1, 0.15) is 25.8 Å². The Morgan fingerprint density at radius 2 is 2.05 bits per heavy atom. The molecule has 2 atom stereocenters. The number of sulfonamides is 1. The molecule has 0 saturated heterocycles. The van der Waals surface area contributed by atoms with Gasteiger partial charge >= 0.3 is 5.97 Å². The topological polar surface area (TPSA) is 83.5 Å². The number of aryl methyl sites for hydroxylation is 1. The van der Waals surface area contributed by atoms with Crippen LogP contribution in [0.5, 0.6) is 0 Å². The Morgan fingerprint density at radius 3 is 2.55 bits per heavy atom. The van der Waals surface area contributed by atoms with Crippen molar-refractivity contribution < 1.29 is 18.3 Å². The zero-order valence-electron chi connectivity index (χ0n) is 11.6. The zero-order valence-corrected chi connectivity index (χ0v) is 14.0. The summed E-state index contributed by atoms with van der Waals surface area (Å²) in [4.78, 5) is 11.3. The van der Waals surface area contributed by atoms with Crippen LogP contribution in [0.3, 0.4) is 0 Å². The maximum Gasteiger partial charge on any atom is 0.322 e. The van der Waals surface area contributed by atoms with Gasteiger partial charge in [0.2, 0.25) is 10.0 Å². The highest BCUT2D eigenvalue weighted by molar-refractivity contribution is 9.10. The van der Waals surface area contributed by atoms with Crippen LogP contribution >= 0.6 is 15.9 Å². The summed E-state index contributed by atoms with van der Waals surface area (Å²) in [7, 11) is -3.87. The van der Waals surface area contributed by atoms with Gasteiger partial charge in [-0.05, 0) is 30.5 Å². The largest absolute Gasteiger partial charge is 0.480 e. The van der Waals surface area contributed by atoms with Crippen molar-refractivity contribution >= 4 is 31.9 Å². The first-order valence-electron chi connectivity index (χ1n) is 6.20. The minimum absolute atomic E-state index is 0.0847. The average Bonchev–Trinajstić information content (AvgIpc) is 2.37. The lowest BCUT2D eigenvalue weighted by Gasteiger charge is -2.20. The van der Waals surface area contributed by atoms with Gasteiger partial charge in [0.15, 0.2) is 0 Å². The van der Waals surface area contributed by atoms with E-state index in [0.717, 1.165) is 0 Å². The fourth-order valence-corrected chi connectivity index (χ4v) is 3.82. The number of benzene rings is 1. The molecule has 1 aromatic rings. The highest BCUT2D eigenvalue weighted by atomic mass is 79.9. The zero-order chi connectivity index (χ0) is 15.5. The molecule has 5 nitrogen and oxygen atoms in total. The average molecular weight is 364 g/mol. The van der Waals surface area contributed by atoms with E-state index < -0.39 is 22.0 Å². The number of halogens is 1. The molecule has 0 bridgehead atoms. The van der Waals surface area contributed by atoms with Crippen LogP contribution in [-0.4, -0.2) is 25.5 Å². The van der Waals surface area contributed by atoms with Gasteiger partial charge in [-0.25, -0.2) is 8.42 Å². The quantitative estimate of drug-likeness (QED) is 0.813. The van der Waals surface area contributed by atoms with Crippen molar-refractivity contribution in [3.05, 3.63) is 28.2 Å². The van der Waals surface area contributed by atoms with Gasteiger partial charge in [0, 0.05) is 4.47 Å². The molecule has 112 valence electrons. The van der Waals surface area contributed by atoms with Crippen molar-refractivity contribution in [1.29, 1.82) is 0 Å². The Balaban J connectivity index is 3.16. The van der Waals surface area contributed by atoms with Crippen LogP contribution in [-0.2, 0) is 14.8 Å². The van der Waals surface area contributed by atoms with Crippen molar-refractivity contribution in [2.75, 3.05) is 0 Å². The van der Waals surface area contributed by atoms with Crippen molar-refractivity contribution in [3.63, 3.8) is 0 Å². The third-order valence-corrected chi connectivity index (χ3v) is 5.28. The number of nitrogens with one attached hydrogen (secondary N) is 1. The van der Waals surface area contributed by atoms with E-state index in [0.29, 0.717) is 16.5 Å². The van der Waals surface area contributed by atoms with Crippen molar-refractivity contribution in [2.24, 2.45) is 5.92 Å². The predicted molar refractivity (Wildman–Crippen MR) is 80.1 cm³/mol. The molecule has 1 rings (SSSR count). The van der Waals surface area contributed by atoms with Gasteiger partial charge in [-0.1, -0.05) is 42.3 Å². The lowest BCUT2D eigenvalue weighted by Crippen LogP contribution is -2.45. The van der Waals surface area contributed by atoms with E-state index in [9.17, 15) is 18.3 Å². The standard InChI is InChI=1S/C13H18BrNO4S/c1-4-8(2)12(13(16)17)15-20(18,19)11-7-10(14)6-5-9(11)3/h5-8,12,15H,4H2,1-3H3,(H,16,17)/t8-,12-/m0/s1. The molecule has 1 aromatic carbocycles. The molecule has 7 heteroatoms. The lowest BCUT2D eigenvalue weighted by molar-refractivity contribution is -0.140. The molecule has 0 aliphatic rings. The van der Waals surface area contributed by atoms with E-state index in [-0.39, 0.29) is 10.8 Å². The van der Waals surface area contributed by atoms with Gasteiger partial charge in [0.1, 0.15) is 6.04 Å². The first kappa shape index (κ1) is 17.1. The summed E-state index contributed by atoms with van der Waals surface area (Å²) in [5.74, 6) is -1.47. The Bertz CT molecular complexity index is 600. The van der Waals surface area contributed by atoms with Gasteiger partial charge in [0.05, 0.1) is 4.90 Å². The molecule has 20 heavy (non-hydrogen) atoms. The maximum atomic E-state index is 12.3. The lowest BCUT2D eigenvalue weighted by atomic mass is 10.0. The molecule has 0 saturated carbocycles. The summed E-state index contributed by atoms with van der Waals surface area (Å²) < 4.78 is 27.6. The maximum absolute atomic E-state index is 12.3. The van der Waals surface area contributed by atoms with Crippen molar-refractivity contribution in [1.82, 2.24) is 4.72 Å². The number of hydrogen-bond acceptors (Lipinski definition) is 3.